The zero-order chi connectivity index (χ0) is 18.6. The molecule has 1 aromatic carbocycles. The normalized spacial score (nSPS) is 10.4. The molecule has 0 unspecified atom stereocenters. The maximum atomic E-state index is 11.9. The summed E-state index contributed by atoms with van der Waals surface area (Å²) in [5, 5.41) is 2.37. The van der Waals surface area contributed by atoms with Crippen molar-refractivity contribution in [1.29, 1.82) is 0 Å². The molecule has 0 aliphatic rings. The highest BCUT2D eigenvalue weighted by Gasteiger charge is 2.12. The lowest BCUT2D eigenvalue weighted by atomic mass is 10.2. The third-order valence-electron chi connectivity index (χ3n) is 3.42. The zero-order valence-corrected chi connectivity index (χ0v) is 15.2. The second-order valence-electron chi connectivity index (χ2n) is 5.28. The van der Waals surface area contributed by atoms with Gasteiger partial charge in [0, 0.05) is 24.6 Å². The topological polar surface area (TPSA) is 99.4 Å². The Morgan fingerprint density at radius 1 is 1.12 bits per heavy atom. The van der Waals surface area contributed by atoms with Crippen molar-refractivity contribution in [3.63, 3.8) is 0 Å². The highest BCUT2D eigenvalue weighted by atomic mass is 79.9. The van der Waals surface area contributed by atoms with Crippen LogP contribution in [0.25, 0.3) is 0 Å². The van der Waals surface area contributed by atoms with E-state index in [4.69, 9.17) is 4.74 Å². The zero-order valence-electron chi connectivity index (χ0n) is 13.6. The molecule has 0 radical (unpaired) electrons. The largest absolute Gasteiger partial charge is 0.455 e. The van der Waals surface area contributed by atoms with E-state index >= 15 is 0 Å². The first kappa shape index (κ1) is 18.7. The first-order chi connectivity index (χ1) is 11.8. The van der Waals surface area contributed by atoms with Crippen LogP contribution in [0.2, 0.25) is 0 Å². The SMILES string of the molecule is Cn1c(NC(=O)COC(=O)Cc2ccc(Br)cc2)cc(=O)n(C)c1=O. The van der Waals surface area contributed by atoms with Gasteiger partial charge < -0.3 is 10.1 Å². The smallest absolute Gasteiger partial charge is 0.332 e. The van der Waals surface area contributed by atoms with Gasteiger partial charge in [0.15, 0.2) is 6.61 Å². The van der Waals surface area contributed by atoms with Crippen LogP contribution < -0.4 is 16.6 Å². The van der Waals surface area contributed by atoms with Crippen molar-refractivity contribution in [3.05, 3.63) is 61.2 Å². The predicted molar refractivity (Wildman–Crippen MR) is 94.4 cm³/mol. The summed E-state index contributed by atoms with van der Waals surface area (Å²) in [5.74, 6) is -1.18. The van der Waals surface area contributed by atoms with E-state index in [-0.39, 0.29) is 12.2 Å². The van der Waals surface area contributed by atoms with Crippen molar-refractivity contribution in [2.75, 3.05) is 11.9 Å². The van der Waals surface area contributed by atoms with Crippen LogP contribution in [0, 0.1) is 0 Å². The van der Waals surface area contributed by atoms with Gasteiger partial charge in [0.05, 0.1) is 6.42 Å². The molecule has 0 aliphatic carbocycles. The number of aromatic nitrogens is 2. The van der Waals surface area contributed by atoms with Crippen molar-refractivity contribution in [3.8, 4) is 0 Å². The summed E-state index contributed by atoms with van der Waals surface area (Å²) in [4.78, 5) is 47.0. The summed E-state index contributed by atoms with van der Waals surface area (Å²) < 4.78 is 7.82. The molecule has 0 saturated carbocycles. The van der Waals surface area contributed by atoms with E-state index in [9.17, 15) is 19.2 Å². The first-order valence-corrected chi connectivity index (χ1v) is 8.04. The van der Waals surface area contributed by atoms with Gasteiger partial charge in [-0.05, 0) is 17.7 Å². The fourth-order valence-electron chi connectivity index (χ4n) is 2.00. The third kappa shape index (κ3) is 4.90. The quantitative estimate of drug-likeness (QED) is 0.727. The Labute approximate surface area is 151 Å². The molecule has 0 saturated heterocycles. The van der Waals surface area contributed by atoms with Gasteiger partial charge in [-0.25, -0.2) is 4.79 Å². The van der Waals surface area contributed by atoms with Crippen LogP contribution in [0.5, 0.6) is 0 Å². The van der Waals surface area contributed by atoms with Gasteiger partial charge in [-0.1, -0.05) is 28.1 Å². The Hall–Kier alpha value is -2.68. The van der Waals surface area contributed by atoms with Gasteiger partial charge in [0.2, 0.25) is 0 Å². The number of amides is 1. The van der Waals surface area contributed by atoms with Gasteiger partial charge in [0.25, 0.3) is 11.5 Å². The maximum absolute atomic E-state index is 11.9. The molecule has 0 atom stereocenters. The molecule has 9 heteroatoms. The highest BCUT2D eigenvalue weighted by molar-refractivity contribution is 9.10. The van der Waals surface area contributed by atoms with E-state index in [1.807, 2.05) is 0 Å². The molecule has 1 N–H and O–H groups in total. The summed E-state index contributed by atoms with van der Waals surface area (Å²) in [6, 6.07) is 8.24. The van der Waals surface area contributed by atoms with Crippen LogP contribution in [0.4, 0.5) is 5.82 Å². The van der Waals surface area contributed by atoms with Gasteiger partial charge in [-0.2, -0.15) is 0 Å². The molecule has 2 aromatic rings. The fraction of sp³-hybridized carbons (Fsp3) is 0.250. The Morgan fingerprint density at radius 2 is 1.76 bits per heavy atom. The molecule has 25 heavy (non-hydrogen) atoms. The van der Waals surface area contributed by atoms with Crippen LogP contribution in [0.3, 0.4) is 0 Å². The maximum Gasteiger partial charge on any atom is 0.332 e. The first-order valence-electron chi connectivity index (χ1n) is 7.25. The van der Waals surface area contributed by atoms with E-state index in [1.165, 1.54) is 14.1 Å². The molecule has 8 nitrogen and oxygen atoms in total. The summed E-state index contributed by atoms with van der Waals surface area (Å²) in [7, 11) is 2.75. The summed E-state index contributed by atoms with van der Waals surface area (Å²) in [5.41, 5.74) is -0.372. The predicted octanol–water partition coefficient (Wildman–Crippen LogP) is 0.571. The number of nitrogens with zero attached hydrogens (tertiary/aromatic N) is 2. The van der Waals surface area contributed by atoms with E-state index in [0.29, 0.717) is 0 Å². The number of ether oxygens (including phenoxy) is 1. The molecule has 1 aromatic heterocycles. The molecule has 0 fully saturated rings. The summed E-state index contributed by atoms with van der Waals surface area (Å²) in [6.45, 7) is -0.515. The minimum absolute atomic E-state index is 0.0297. The van der Waals surface area contributed by atoms with Crippen LogP contribution in [-0.4, -0.2) is 27.6 Å². The van der Waals surface area contributed by atoms with Gasteiger partial charge in [0.1, 0.15) is 5.82 Å². The van der Waals surface area contributed by atoms with Crippen LogP contribution in [0.1, 0.15) is 5.56 Å². The Morgan fingerprint density at radius 3 is 2.40 bits per heavy atom. The van der Waals surface area contributed by atoms with Crippen molar-refractivity contribution in [2.24, 2.45) is 14.1 Å². The molecule has 1 amide bonds. The standard InChI is InChI=1S/C16H16BrN3O5/c1-19-12(8-14(22)20(2)16(19)24)18-13(21)9-25-15(23)7-10-3-5-11(17)6-4-10/h3-6,8H,7,9H2,1-2H3,(H,18,21). The number of benzene rings is 1. The van der Waals surface area contributed by atoms with Crippen LogP contribution in [0.15, 0.2) is 44.4 Å². The number of esters is 1. The molecule has 0 bridgehead atoms. The second-order valence-corrected chi connectivity index (χ2v) is 6.20. The van der Waals surface area contributed by atoms with Crippen molar-refractivity contribution < 1.29 is 14.3 Å². The van der Waals surface area contributed by atoms with Crippen molar-refractivity contribution in [1.82, 2.24) is 9.13 Å². The lowest BCUT2D eigenvalue weighted by molar-refractivity contribution is -0.146. The molecular formula is C16H16BrN3O5. The second kappa shape index (κ2) is 7.93. The summed E-state index contributed by atoms with van der Waals surface area (Å²) >= 11 is 3.30. The minimum atomic E-state index is -0.646. The Bertz CT molecular complexity index is 915. The number of hydrogen-bond donors (Lipinski definition) is 1. The van der Waals surface area contributed by atoms with Crippen LogP contribution in [-0.2, 0) is 34.8 Å². The fourth-order valence-corrected chi connectivity index (χ4v) is 2.26. The Balaban J connectivity index is 1.93. The van der Waals surface area contributed by atoms with Crippen molar-refractivity contribution in [2.45, 2.75) is 6.42 Å². The number of anilines is 1. The lowest BCUT2D eigenvalue weighted by Gasteiger charge is -2.11. The molecule has 1 heterocycles. The monoisotopic (exact) mass is 409 g/mol. The van der Waals surface area contributed by atoms with Gasteiger partial charge in [-0.3, -0.25) is 23.5 Å². The summed E-state index contributed by atoms with van der Waals surface area (Å²) in [6.07, 6.45) is 0.0327. The van der Waals surface area contributed by atoms with Gasteiger partial charge >= 0.3 is 11.7 Å². The average molecular weight is 410 g/mol. The lowest BCUT2D eigenvalue weighted by Crippen LogP contribution is -2.38. The number of carbonyl (C=O) groups excluding carboxylic acids is 2. The van der Waals surface area contributed by atoms with Crippen molar-refractivity contribution >= 4 is 33.6 Å². The Kier molecular flexibility index (Phi) is 5.92. The molecule has 0 aliphatic heterocycles. The van der Waals surface area contributed by atoms with E-state index in [2.05, 4.69) is 21.2 Å². The van der Waals surface area contributed by atoms with Crippen LogP contribution >= 0.6 is 15.9 Å². The number of halogens is 1. The van der Waals surface area contributed by atoms with Gasteiger partial charge in [-0.15, -0.1) is 0 Å². The highest BCUT2D eigenvalue weighted by Crippen LogP contribution is 2.11. The molecule has 0 spiro atoms. The molecule has 2 rings (SSSR count). The third-order valence-corrected chi connectivity index (χ3v) is 3.95. The minimum Gasteiger partial charge on any atom is -0.455 e. The number of carbonyl (C=O) groups is 2. The number of hydrogen-bond acceptors (Lipinski definition) is 5. The van der Waals surface area contributed by atoms with E-state index < -0.39 is 29.7 Å². The average Bonchev–Trinajstić information content (AvgIpc) is 2.58. The number of nitrogens with one attached hydrogen (secondary N) is 1. The van der Waals surface area contributed by atoms with E-state index in [0.717, 1.165) is 25.2 Å². The number of rotatable bonds is 5. The molecular weight excluding hydrogens is 394 g/mol. The van der Waals surface area contributed by atoms with E-state index in [1.54, 1.807) is 24.3 Å². The molecule has 132 valence electrons.